The number of rotatable bonds is 3. The SMILES string of the molecule is Nc1cc(C(=O)O)ccc1NC(=O)c1ccc(O)cc1O. The molecule has 0 radical (unpaired) electrons. The monoisotopic (exact) mass is 288 g/mol. The summed E-state index contributed by atoms with van der Waals surface area (Å²) < 4.78 is 0. The molecule has 2 aromatic carbocycles. The van der Waals surface area contributed by atoms with Crippen LogP contribution in [0.1, 0.15) is 20.7 Å². The molecule has 6 N–H and O–H groups in total. The number of nitrogens with two attached hydrogens (primary N) is 1. The topological polar surface area (TPSA) is 133 Å². The standard InChI is InChI=1S/C14H12N2O5/c15-10-5-7(14(20)21)1-4-11(10)16-13(19)9-3-2-8(17)6-12(9)18/h1-6,17-18H,15H2,(H,16,19)(H,20,21). The van der Waals surface area contributed by atoms with E-state index >= 15 is 0 Å². The molecule has 2 aromatic rings. The number of phenolic OH excluding ortho intramolecular Hbond substituents is 2. The van der Waals surface area contributed by atoms with Crippen LogP contribution in [0.25, 0.3) is 0 Å². The number of carbonyl (C=O) groups excluding carboxylic acids is 1. The quantitative estimate of drug-likeness (QED) is 0.545. The molecule has 0 saturated heterocycles. The first-order chi connectivity index (χ1) is 9.88. The first-order valence-electron chi connectivity index (χ1n) is 5.84. The zero-order valence-corrected chi connectivity index (χ0v) is 10.7. The van der Waals surface area contributed by atoms with Gasteiger partial charge >= 0.3 is 5.97 Å². The Morgan fingerprint density at radius 1 is 1.05 bits per heavy atom. The minimum Gasteiger partial charge on any atom is -0.508 e. The molecule has 0 aromatic heterocycles. The summed E-state index contributed by atoms with van der Waals surface area (Å²) in [5, 5.41) is 30.0. The highest BCUT2D eigenvalue weighted by molar-refractivity contribution is 6.07. The lowest BCUT2D eigenvalue weighted by Crippen LogP contribution is -2.13. The maximum absolute atomic E-state index is 12.0. The van der Waals surface area contributed by atoms with Crippen molar-refractivity contribution in [1.82, 2.24) is 0 Å². The smallest absolute Gasteiger partial charge is 0.335 e. The van der Waals surface area contributed by atoms with E-state index < -0.39 is 11.9 Å². The van der Waals surface area contributed by atoms with Crippen molar-refractivity contribution >= 4 is 23.3 Å². The third kappa shape index (κ3) is 3.03. The van der Waals surface area contributed by atoms with E-state index in [0.717, 1.165) is 6.07 Å². The number of nitrogen functional groups attached to an aromatic ring is 1. The summed E-state index contributed by atoms with van der Waals surface area (Å²) in [6, 6.07) is 7.41. The van der Waals surface area contributed by atoms with Crippen LogP contribution < -0.4 is 11.1 Å². The molecule has 0 fully saturated rings. The second-order valence-electron chi connectivity index (χ2n) is 4.26. The fourth-order valence-electron chi connectivity index (χ4n) is 1.71. The summed E-state index contributed by atoms with van der Waals surface area (Å²) in [5.74, 6) is -2.32. The Balaban J connectivity index is 2.25. The van der Waals surface area contributed by atoms with Gasteiger partial charge in [-0.25, -0.2) is 4.79 Å². The van der Waals surface area contributed by atoms with E-state index in [9.17, 15) is 14.7 Å². The van der Waals surface area contributed by atoms with Gasteiger partial charge in [-0.05, 0) is 30.3 Å². The van der Waals surface area contributed by atoms with E-state index in [-0.39, 0.29) is 34.0 Å². The Bertz CT molecular complexity index is 727. The number of hydrogen-bond donors (Lipinski definition) is 5. The van der Waals surface area contributed by atoms with Crippen molar-refractivity contribution in [3.8, 4) is 11.5 Å². The van der Waals surface area contributed by atoms with Gasteiger partial charge in [0.2, 0.25) is 0 Å². The van der Waals surface area contributed by atoms with E-state index in [1.54, 1.807) is 0 Å². The third-order valence-corrected chi connectivity index (χ3v) is 2.77. The summed E-state index contributed by atoms with van der Waals surface area (Å²) in [4.78, 5) is 22.8. The van der Waals surface area contributed by atoms with E-state index in [0.29, 0.717) is 0 Å². The highest BCUT2D eigenvalue weighted by atomic mass is 16.4. The van der Waals surface area contributed by atoms with Crippen molar-refractivity contribution in [1.29, 1.82) is 0 Å². The highest BCUT2D eigenvalue weighted by Gasteiger charge is 2.14. The van der Waals surface area contributed by atoms with Gasteiger partial charge in [-0.2, -0.15) is 0 Å². The Morgan fingerprint density at radius 3 is 2.33 bits per heavy atom. The lowest BCUT2D eigenvalue weighted by molar-refractivity contribution is 0.0696. The van der Waals surface area contributed by atoms with Gasteiger partial charge in [-0.1, -0.05) is 0 Å². The predicted molar refractivity (Wildman–Crippen MR) is 75.5 cm³/mol. The van der Waals surface area contributed by atoms with Crippen LogP contribution in [0, 0.1) is 0 Å². The summed E-state index contributed by atoms with van der Waals surface area (Å²) in [6.45, 7) is 0. The minimum atomic E-state index is -1.13. The van der Waals surface area contributed by atoms with Gasteiger partial charge < -0.3 is 26.4 Å². The number of carbonyl (C=O) groups is 2. The summed E-state index contributed by atoms with van der Waals surface area (Å²) in [7, 11) is 0. The van der Waals surface area contributed by atoms with Gasteiger partial charge in [0.05, 0.1) is 22.5 Å². The third-order valence-electron chi connectivity index (χ3n) is 2.77. The molecule has 108 valence electrons. The molecule has 7 heteroatoms. The molecule has 21 heavy (non-hydrogen) atoms. The van der Waals surface area contributed by atoms with E-state index in [1.807, 2.05) is 0 Å². The number of anilines is 2. The molecule has 0 bridgehead atoms. The number of phenols is 2. The lowest BCUT2D eigenvalue weighted by Gasteiger charge is -2.10. The van der Waals surface area contributed by atoms with Crippen molar-refractivity contribution in [3.05, 3.63) is 47.5 Å². The number of benzene rings is 2. The zero-order valence-electron chi connectivity index (χ0n) is 10.7. The molecule has 0 saturated carbocycles. The Kier molecular flexibility index (Phi) is 3.66. The van der Waals surface area contributed by atoms with Gasteiger partial charge in [0.15, 0.2) is 0 Å². The molecule has 0 aliphatic heterocycles. The average molecular weight is 288 g/mol. The van der Waals surface area contributed by atoms with Crippen molar-refractivity contribution in [2.75, 3.05) is 11.1 Å². The maximum atomic E-state index is 12.0. The second kappa shape index (κ2) is 5.41. The molecule has 0 spiro atoms. The molecule has 1 amide bonds. The summed E-state index contributed by atoms with van der Waals surface area (Å²) >= 11 is 0. The van der Waals surface area contributed by atoms with Gasteiger partial charge in [0.25, 0.3) is 5.91 Å². The first-order valence-corrected chi connectivity index (χ1v) is 5.84. The van der Waals surface area contributed by atoms with Crippen molar-refractivity contribution in [2.45, 2.75) is 0 Å². The van der Waals surface area contributed by atoms with Gasteiger partial charge in [-0.15, -0.1) is 0 Å². The van der Waals surface area contributed by atoms with E-state index in [1.165, 1.54) is 30.3 Å². The number of carboxylic acids is 1. The number of carboxylic acid groups (broad SMARTS) is 1. The largest absolute Gasteiger partial charge is 0.508 e. The summed E-state index contributed by atoms with van der Waals surface area (Å²) in [6.07, 6.45) is 0. The van der Waals surface area contributed by atoms with Crippen molar-refractivity contribution in [3.63, 3.8) is 0 Å². The molecule has 7 nitrogen and oxygen atoms in total. The van der Waals surface area contributed by atoms with Crippen LogP contribution in [0.2, 0.25) is 0 Å². The average Bonchev–Trinajstić information content (AvgIpc) is 2.40. The van der Waals surface area contributed by atoms with Crippen molar-refractivity contribution in [2.24, 2.45) is 0 Å². The Morgan fingerprint density at radius 2 is 1.76 bits per heavy atom. The lowest BCUT2D eigenvalue weighted by atomic mass is 10.1. The normalized spacial score (nSPS) is 10.1. The van der Waals surface area contributed by atoms with E-state index in [2.05, 4.69) is 5.32 Å². The first kappa shape index (κ1) is 14.2. The maximum Gasteiger partial charge on any atom is 0.335 e. The van der Waals surface area contributed by atoms with Gasteiger partial charge in [0, 0.05) is 6.07 Å². The van der Waals surface area contributed by atoms with Gasteiger partial charge in [0.1, 0.15) is 11.5 Å². The van der Waals surface area contributed by atoms with Crippen LogP contribution in [0.15, 0.2) is 36.4 Å². The Labute approximate surface area is 119 Å². The summed E-state index contributed by atoms with van der Waals surface area (Å²) in [5.41, 5.74) is 5.92. The predicted octanol–water partition coefficient (Wildman–Crippen LogP) is 1.63. The van der Waals surface area contributed by atoms with Crippen LogP contribution in [-0.2, 0) is 0 Å². The minimum absolute atomic E-state index is 0.00187. The molecular formula is C14H12N2O5. The highest BCUT2D eigenvalue weighted by Crippen LogP contribution is 2.25. The second-order valence-corrected chi connectivity index (χ2v) is 4.26. The van der Waals surface area contributed by atoms with Crippen LogP contribution in [0.4, 0.5) is 11.4 Å². The van der Waals surface area contributed by atoms with Crippen molar-refractivity contribution < 1.29 is 24.9 Å². The molecule has 0 aliphatic carbocycles. The molecule has 0 aliphatic rings. The molecule has 0 heterocycles. The molecule has 2 rings (SSSR count). The number of nitrogens with one attached hydrogen (secondary N) is 1. The molecule has 0 unspecified atom stereocenters. The van der Waals surface area contributed by atoms with Crippen LogP contribution in [-0.4, -0.2) is 27.2 Å². The molecular weight excluding hydrogens is 276 g/mol. The molecule has 0 atom stereocenters. The van der Waals surface area contributed by atoms with Crippen LogP contribution in [0.3, 0.4) is 0 Å². The number of aromatic hydroxyl groups is 2. The van der Waals surface area contributed by atoms with Crippen LogP contribution >= 0.6 is 0 Å². The number of amides is 1. The van der Waals surface area contributed by atoms with E-state index in [4.69, 9.17) is 15.9 Å². The zero-order chi connectivity index (χ0) is 15.6. The van der Waals surface area contributed by atoms with Gasteiger partial charge in [-0.3, -0.25) is 4.79 Å². The Hall–Kier alpha value is -3.22. The van der Waals surface area contributed by atoms with Crippen LogP contribution in [0.5, 0.6) is 11.5 Å². The fourth-order valence-corrected chi connectivity index (χ4v) is 1.71. The number of aromatic carboxylic acids is 1. The number of hydrogen-bond acceptors (Lipinski definition) is 5. The fraction of sp³-hybridized carbons (Fsp3) is 0.